The second-order valence-electron chi connectivity index (χ2n) is 7.01. The first-order valence-electron chi connectivity index (χ1n) is 9.00. The monoisotopic (exact) mass is 440 g/mol. The van der Waals surface area contributed by atoms with E-state index >= 15 is 0 Å². The van der Waals surface area contributed by atoms with Gasteiger partial charge in [-0.1, -0.05) is 47.5 Å². The van der Waals surface area contributed by atoms with Gasteiger partial charge in [-0.15, -0.1) is 0 Å². The molecule has 28 heavy (non-hydrogen) atoms. The van der Waals surface area contributed by atoms with Gasteiger partial charge in [0.25, 0.3) is 0 Å². The fraction of sp³-hybridized carbons (Fsp3) is 0.350. The highest BCUT2D eigenvalue weighted by Crippen LogP contribution is 2.31. The van der Waals surface area contributed by atoms with Crippen LogP contribution < -0.4 is 9.62 Å². The number of nitrogens with one attached hydrogen (secondary N) is 1. The maximum atomic E-state index is 13.0. The number of halogens is 2. The van der Waals surface area contributed by atoms with Crippen molar-refractivity contribution in [3.05, 3.63) is 63.6 Å². The van der Waals surface area contributed by atoms with E-state index < -0.39 is 16.1 Å². The van der Waals surface area contributed by atoms with E-state index in [2.05, 4.69) is 11.4 Å². The Kier molecular flexibility index (Phi) is 6.22. The Bertz CT molecular complexity index is 974. The van der Waals surface area contributed by atoms with Crippen molar-refractivity contribution in [2.24, 2.45) is 0 Å². The molecule has 0 aromatic heterocycles. The molecule has 2 aromatic rings. The minimum atomic E-state index is -3.74. The molecule has 1 amide bonds. The van der Waals surface area contributed by atoms with Crippen molar-refractivity contribution < 1.29 is 13.2 Å². The molecule has 1 N–H and O–H groups in total. The highest BCUT2D eigenvalue weighted by Gasteiger charge is 2.31. The predicted molar refractivity (Wildman–Crippen MR) is 114 cm³/mol. The van der Waals surface area contributed by atoms with Gasteiger partial charge in [0.05, 0.1) is 18.0 Å². The van der Waals surface area contributed by atoms with Gasteiger partial charge in [-0.05, 0) is 55.5 Å². The van der Waals surface area contributed by atoms with Gasteiger partial charge in [-0.25, -0.2) is 8.42 Å². The van der Waals surface area contributed by atoms with Gasteiger partial charge in [0.15, 0.2) is 0 Å². The van der Waals surface area contributed by atoms with Crippen molar-refractivity contribution in [2.45, 2.75) is 38.3 Å². The topological polar surface area (TPSA) is 66.5 Å². The van der Waals surface area contributed by atoms with Crippen LogP contribution in [0.3, 0.4) is 0 Å². The number of fused-ring (bicyclic) bond motifs is 1. The van der Waals surface area contributed by atoms with Crippen LogP contribution in [-0.2, 0) is 21.2 Å². The number of rotatable bonds is 5. The molecule has 2 atom stereocenters. The molecule has 150 valence electrons. The van der Waals surface area contributed by atoms with Crippen LogP contribution in [-0.4, -0.2) is 26.6 Å². The second kappa shape index (κ2) is 8.31. The van der Waals surface area contributed by atoms with E-state index in [9.17, 15) is 13.2 Å². The van der Waals surface area contributed by atoms with Crippen LogP contribution in [0.2, 0.25) is 10.0 Å². The van der Waals surface area contributed by atoms with E-state index in [4.69, 9.17) is 23.2 Å². The first-order valence-corrected chi connectivity index (χ1v) is 11.6. The molecule has 3 rings (SSSR count). The van der Waals surface area contributed by atoms with E-state index in [1.165, 1.54) is 23.8 Å². The Morgan fingerprint density at radius 3 is 2.46 bits per heavy atom. The third-order valence-corrected chi connectivity index (χ3v) is 6.55. The van der Waals surface area contributed by atoms with Crippen LogP contribution in [0.1, 0.15) is 36.9 Å². The van der Waals surface area contributed by atoms with Crippen LogP contribution in [0.25, 0.3) is 0 Å². The summed E-state index contributed by atoms with van der Waals surface area (Å²) < 4.78 is 26.0. The fourth-order valence-electron chi connectivity index (χ4n) is 3.67. The van der Waals surface area contributed by atoms with E-state index in [1.807, 2.05) is 18.2 Å². The Balaban J connectivity index is 1.88. The molecule has 5 nitrogen and oxygen atoms in total. The lowest BCUT2D eigenvalue weighted by molar-refractivity contribution is -0.122. The Morgan fingerprint density at radius 2 is 1.82 bits per heavy atom. The molecule has 0 saturated carbocycles. The lowest BCUT2D eigenvalue weighted by atomic mass is 9.87. The summed E-state index contributed by atoms with van der Waals surface area (Å²) in [6.07, 6.45) is 3.82. The average molecular weight is 441 g/mol. The zero-order valence-electron chi connectivity index (χ0n) is 15.7. The minimum absolute atomic E-state index is 0.135. The quantitative estimate of drug-likeness (QED) is 0.751. The molecule has 1 aliphatic rings. The number of nitrogens with zero attached hydrogens (tertiary/aromatic N) is 1. The van der Waals surface area contributed by atoms with Crippen molar-refractivity contribution in [3.8, 4) is 0 Å². The molecular weight excluding hydrogens is 419 g/mol. The number of hydrogen-bond acceptors (Lipinski definition) is 3. The lowest BCUT2D eigenvalue weighted by Crippen LogP contribution is -2.49. The number of sulfonamides is 1. The van der Waals surface area contributed by atoms with Crippen LogP contribution in [0.15, 0.2) is 42.5 Å². The average Bonchev–Trinajstić information content (AvgIpc) is 2.60. The smallest absolute Gasteiger partial charge is 0.244 e. The molecule has 8 heteroatoms. The van der Waals surface area contributed by atoms with Crippen molar-refractivity contribution in [1.82, 2.24) is 5.32 Å². The fourth-order valence-corrected chi connectivity index (χ4v) is 5.34. The Hall–Kier alpha value is -1.76. The minimum Gasteiger partial charge on any atom is -0.347 e. The van der Waals surface area contributed by atoms with Crippen molar-refractivity contribution in [3.63, 3.8) is 0 Å². The molecule has 0 bridgehead atoms. The number of benzene rings is 2. The third-order valence-electron chi connectivity index (χ3n) is 4.88. The van der Waals surface area contributed by atoms with Gasteiger partial charge >= 0.3 is 0 Å². The largest absolute Gasteiger partial charge is 0.347 e. The number of carbonyl (C=O) groups excluding carboxylic acids is 1. The van der Waals surface area contributed by atoms with E-state index in [0.717, 1.165) is 35.4 Å². The van der Waals surface area contributed by atoms with E-state index in [1.54, 1.807) is 6.92 Å². The Labute approximate surface area is 175 Å². The molecule has 2 unspecified atom stereocenters. The molecule has 1 aliphatic carbocycles. The first-order chi connectivity index (χ1) is 13.2. The molecule has 0 heterocycles. The zero-order chi connectivity index (χ0) is 20.5. The van der Waals surface area contributed by atoms with Crippen LogP contribution in [0.4, 0.5) is 5.69 Å². The second-order valence-corrected chi connectivity index (χ2v) is 9.75. The maximum absolute atomic E-state index is 13.0. The number of amides is 1. The summed E-state index contributed by atoms with van der Waals surface area (Å²) in [5.41, 5.74) is 2.56. The summed E-state index contributed by atoms with van der Waals surface area (Å²) in [6.45, 7) is 1.56. The molecule has 0 aliphatic heterocycles. The highest BCUT2D eigenvalue weighted by atomic mass is 35.5. The van der Waals surface area contributed by atoms with Crippen LogP contribution in [0, 0.1) is 0 Å². The van der Waals surface area contributed by atoms with Crippen molar-refractivity contribution in [1.29, 1.82) is 0 Å². The summed E-state index contributed by atoms with van der Waals surface area (Å²) in [4.78, 5) is 13.0. The summed E-state index contributed by atoms with van der Waals surface area (Å²) in [5, 5.41) is 3.61. The summed E-state index contributed by atoms with van der Waals surface area (Å²) in [6, 6.07) is 11.4. The molecule has 2 aromatic carbocycles. The molecular formula is C20H22Cl2N2O3S. The van der Waals surface area contributed by atoms with E-state index in [0.29, 0.717) is 10.0 Å². The maximum Gasteiger partial charge on any atom is 0.244 e. The molecule has 0 fully saturated rings. The van der Waals surface area contributed by atoms with Gasteiger partial charge < -0.3 is 5.32 Å². The van der Waals surface area contributed by atoms with Crippen molar-refractivity contribution in [2.75, 3.05) is 10.6 Å². The van der Waals surface area contributed by atoms with Gasteiger partial charge in [0.2, 0.25) is 15.9 Å². The van der Waals surface area contributed by atoms with Crippen LogP contribution in [0.5, 0.6) is 0 Å². The number of aryl methyl sites for hydroxylation is 1. The Morgan fingerprint density at radius 1 is 1.18 bits per heavy atom. The van der Waals surface area contributed by atoms with Gasteiger partial charge in [0, 0.05) is 10.0 Å². The lowest BCUT2D eigenvalue weighted by Gasteiger charge is -2.32. The SMILES string of the molecule is CC(C(=O)NC1CCCc2ccccc21)N(c1cc(Cl)cc(Cl)c1)S(C)(=O)=O. The number of anilines is 1. The zero-order valence-corrected chi connectivity index (χ0v) is 18.0. The van der Waals surface area contributed by atoms with Crippen molar-refractivity contribution >= 4 is 44.8 Å². The molecule has 0 spiro atoms. The number of hydrogen-bond donors (Lipinski definition) is 1. The predicted octanol–water partition coefficient (Wildman–Crippen LogP) is 4.34. The van der Waals surface area contributed by atoms with Crippen LogP contribution >= 0.6 is 23.2 Å². The number of carbonyl (C=O) groups is 1. The molecule has 0 saturated heterocycles. The molecule has 0 radical (unpaired) electrons. The van der Waals surface area contributed by atoms with Gasteiger partial charge in [-0.2, -0.15) is 0 Å². The van der Waals surface area contributed by atoms with E-state index in [-0.39, 0.29) is 17.6 Å². The first kappa shape index (κ1) is 21.0. The summed E-state index contributed by atoms with van der Waals surface area (Å²) in [5.74, 6) is -0.372. The normalized spacial score (nSPS) is 17.5. The standard InChI is InChI=1S/C20H22Cl2N2O3S/c1-13(24(28(2,26)27)17-11-15(21)10-16(22)12-17)20(25)23-19-9-5-7-14-6-3-4-8-18(14)19/h3-4,6,8,10-13,19H,5,7,9H2,1-2H3,(H,23,25). The summed E-state index contributed by atoms with van der Waals surface area (Å²) >= 11 is 12.1. The third kappa shape index (κ3) is 4.62. The highest BCUT2D eigenvalue weighted by molar-refractivity contribution is 7.92. The van der Waals surface area contributed by atoms with Gasteiger partial charge in [0.1, 0.15) is 6.04 Å². The summed E-state index contributed by atoms with van der Waals surface area (Å²) in [7, 11) is -3.74. The van der Waals surface area contributed by atoms with Gasteiger partial charge in [-0.3, -0.25) is 9.10 Å².